The minimum absolute atomic E-state index is 0.101. The van der Waals surface area contributed by atoms with Crippen LogP contribution in [-0.4, -0.2) is 10.0 Å². The van der Waals surface area contributed by atoms with E-state index in [0.29, 0.717) is 16.3 Å². The van der Waals surface area contributed by atoms with Crippen LogP contribution in [0.15, 0.2) is 42.5 Å². The minimum atomic E-state index is -0.529. The summed E-state index contributed by atoms with van der Waals surface area (Å²) in [4.78, 5) is 10.4. The van der Waals surface area contributed by atoms with Gasteiger partial charge in [0, 0.05) is 16.7 Å². The molecule has 1 N–H and O–H groups in total. The van der Waals surface area contributed by atoms with Crippen LogP contribution in [0.4, 0.5) is 5.69 Å². The molecule has 0 aromatic heterocycles. The van der Waals surface area contributed by atoms with Crippen LogP contribution in [0, 0.1) is 10.1 Å². The van der Waals surface area contributed by atoms with Crippen molar-refractivity contribution in [3.05, 3.63) is 63.2 Å². The molecule has 0 atom stereocenters. The fourth-order valence-corrected chi connectivity index (χ4v) is 1.83. The zero-order valence-corrected chi connectivity index (χ0v) is 10.5. The van der Waals surface area contributed by atoms with Crippen molar-refractivity contribution in [1.82, 2.24) is 0 Å². The number of nitro groups is 1. The Morgan fingerprint density at radius 2 is 1.84 bits per heavy atom. The quantitative estimate of drug-likeness (QED) is 0.686. The topological polar surface area (TPSA) is 72.6 Å². The molecule has 6 heteroatoms. The van der Waals surface area contributed by atoms with E-state index in [0.717, 1.165) is 0 Å². The van der Waals surface area contributed by atoms with E-state index in [2.05, 4.69) is 0 Å². The molecule has 0 aliphatic heterocycles. The van der Waals surface area contributed by atoms with Crippen LogP contribution < -0.4 is 4.74 Å². The van der Waals surface area contributed by atoms with E-state index in [1.165, 1.54) is 12.1 Å². The molecular formula is C13H10ClNO4. The monoisotopic (exact) mass is 279 g/mol. The van der Waals surface area contributed by atoms with Gasteiger partial charge in [0.05, 0.1) is 11.5 Å². The van der Waals surface area contributed by atoms with Gasteiger partial charge in [-0.05, 0) is 18.2 Å². The average molecular weight is 280 g/mol. The number of aliphatic hydroxyl groups is 1. The minimum Gasteiger partial charge on any atom is -0.450 e. The molecule has 2 aromatic carbocycles. The highest BCUT2D eigenvalue weighted by Gasteiger charge is 2.16. The SMILES string of the molecule is O=[N+]([O-])c1ccccc1Oc1cccc(Cl)c1CO. The van der Waals surface area contributed by atoms with Crippen molar-refractivity contribution in [3.63, 3.8) is 0 Å². The first kappa shape index (κ1) is 13.3. The average Bonchev–Trinajstić information content (AvgIpc) is 2.39. The number of ether oxygens (including phenoxy) is 1. The summed E-state index contributed by atoms with van der Waals surface area (Å²) in [7, 11) is 0. The van der Waals surface area contributed by atoms with Crippen molar-refractivity contribution in [2.45, 2.75) is 6.61 Å². The number of aliphatic hydroxyl groups excluding tert-OH is 1. The highest BCUT2D eigenvalue weighted by Crippen LogP contribution is 2.34. The molecule has 5 nitrogen and oxygen atoms in total. The van der Waals surface area contributed by atoms with Gasteiger partial charge in [0.2, 0.25) is 5.75 Å². The summed E-state index contributed by atoms with van der Waals surface area (Å²) in [6.45, 7) is -0.310. The summed E-state index contributed by atoms with van der Waals surface area (Å²) in [5.74, 6) is 0.397. The fraction of sp³-hybridized carbons (Fsp3) is 0.0769. The first-order valence-corrected chi connectivity index (χ1v) is 5.81. The Kier molecular flexibility index (Phi) is 3.99. The molecule has 0 fully saturated rings. The van der Waals surface area contributed by atoms with Gasteiger partial charge in [0.25, 0.3) is 0 Å². The number of nitrogens with zero attached hydrogens (tertiary/aromatic N) is 1. The molecular weight excluding hydrogens is 270 g/mol. The standard InChI is InChI=1S/C13H10ClNO4/c14-10-4-3-7-12(9(10)8-16)19-13-6-2-1-5-11(13)15(17)18/h1-7,16H,8H2. The summed E-state index contributed by atoms with van der Waals surface area (Å²) in [5.41, 5.74) is 0.244. The second kappa shape index (κ2) is 5.69. The van der Waals surface area contributed by atoms with Gasteiger partial charge in [-0.2, -0.15) is 0 Å². The Morgan fingerprint density at radius 1 is 1.16 bits per heavy atom. The van der Waals surface area contributed by atoms with Crippen LogP contribution in [0.2, 0.25) is 5.02 Å². The predicted octanol–water partition coefficient (Wildman–Crippen LogP) is 3.53. The Labute approximate surface area is 114 Å². The van der Waals surface area contributed by atoms with Crippen molar-refractivity contribution >= 4 is 17.3 Å². The lowest BCUT2D eigenvalue weighted by Gasteiger charge is -2.10. The third-order valence-corrected chi connectivity index (χ3v) is 2.87. The van der Waals surface area contributed by atoms with Gasteiger partial charge >= 0.3 is 5.69 Å². The molecule has 0 bridgehead atoms. The van der Waals surface area contributed by atoms with E-state index in [1.54, 1.807) is 30.3 Å². The molecule has 0 radical (unpaired) electrons. The normalized spacial score (nSPS) is 10.2. The fourth-order valence-electron chi connectivity index (χ4n) is 1.60. The van der Waals surface area contributed by atoms with Crippen molar-refractivity contribution in [1.29, 1.82) is 0 Å². The largest absolute Gasteiger partial charge is 0.450 e. The molecule has 2 aromatic rings. The number of halogens is 1. The van der Waals surface area contributed by atoms with Crippen LogP contribution >= 0.6 is 11.6 Å². The molecule has 0 spiro atoms. The van der Waals surface area contributed by atoms with Crippen LogP contribution in [0.3, 0.4) is 0 Å². The number of benzene rings is 2. The molecule has 0 saturated carbocycles. The van der Waals surface area contributed by atoms with E-state index < -0.39 is 4.92 Å². The second-order valence-corrected chi connectivity index (χ2v) is 4.11. The van der Waals surface area contributed by atoms with Gasteiger partial charge < -0.3 is 9.84 Å². The maximum absolute atomic E-state index is 10.9. The van der Waals surface area contributed by atoms with Crippen molar-refractivity contribution < 1.29 is 14.8 Å². The Morgan fingerprint density at radius 3 is 2.53 bits per heavy atom. The number of hydrogen-bond donors (Lipinski definition) is 1. The van der Waals surface area contributed by atoms with Gasteiger partial charge in [-0.25, -0.2) is 0 Å². The summed E-state index contributed by atoms with van der Waals surface area (Å²) in [6.07, 6.45) is 0. The number of para-hydroxylation sites is 2. The molecule has 0 aliphatic carbocycles. The molecule has 19 heavy (non-hydrogen) atoms. The third-order valence-electron chi connectivity index (χ3n) is 2.52. The van der Waals surface area contributed by atoms with Crippen LogP contribution in [0.5, 0.6) is 11.5 Å². The highest BCUT2D eigenvalue weighted by atomic mass is 35.5. The lowest BCUT2D eigenvalue weighted by molar-refractivity contribution is -0.385. The summed E-state index contributed by atoms with van der Waals surface area (Å²) >= 11 is 5.92. The maximum atomic E-state index is 10.9. The van der Waals surface area contributed by atoms with Crippen LogP contribution in [-0.2, 0) is 6.61 Å². The Bertz CT molecular complexity index is 615. The van der Waals surface area contributed by atoms with Gasteiger partial charge in [0.1, 0.15) is 5.75 Å². The third kappa shape index (κ3) is 2.83. The van der Waals surface area contributed by atoms with Gasteiger partial charge in [-0.15, -0.1) is 0 Å². The predicted molar refractivity (Wildman–Crippen MR) is 70.5 cm³/mol. The first-order chi connectivity index (χ1) is 9.13. The van der Waals surface area contributed by atoms with Crippen molar-refractivity contribution in [2.24, 2.45) is 0 Å². The molecule has 0 unspecified atom stereocenters. The van der Waals surface area contributed by atoms with Crippen molar-refractivity contribution in [2.75, 3.05) is 0 Å². The van der Waals surface area contributed by atoms with Gasteiger partial charge in [-0.3, -0.25) is 10.1 Å². The molecule has 98 valence electrons. The molecule has 0 amide bonds. The second-order valence-electron chi connectivity index (χ2n) is 3.70. The number of rotatable bonds is 4. The van der Waals surface area contributed by atoms with Crippen LogP contribution in [0.1, 0.15) is 5.56 Å². The summed E-state index contributed by atoms with van der Waals surface area (Å²) in [6, 6.07) is 10.9. The Hall–Kier alpha value is -2.11. The molecule has 0 saturated heterocycles. The maximum Gasteiger partial charge on any atom is 0.311 e. The summed E-state index contributed by atoms with van der Waals surface area (Å²) in [5, 5.41) is 20.5. The van der Waals surface area contributed by atoms with E-state index in [-0.39, 0.29) is 18.0 Å². The van der Waals surface area contributed by atoms with E-state index in [4.69, 9.17) is 16.3 Å². The summed E-state index contributed by atoms with van der Waals surface area (Å²) < 4.78 is 5.49. The van der Waals surface area contributed by atoms with Crippen LogP contribution in [0.25, 0.3) is 0 Å². The lowest BCUT2D eigenvalue weighted by Crippen LogP contribution is -1.96. The Balaban J connectivity index is 2.42. The van der Waals surface area contributed by atoms with E-state index >= 15 is 0 Å². The van der Waals surface area contributed by atoms with Gasteiger partial charge in [-0.1, -0.05) is 29.8 Å². The van der Waals surface area contributed by atoms with Gasteiger partial charge in [0.15, 0.2) is 0 Å². The lowest BCUT2D eigenvalue weighted by atomic mass is 10.2. The molecule has 0 aliphatic rings. The van der Waals surface area contributed by atoms with E-state index in [1.807, 2.05) is 0 Å². The number of hydrogen-bond acceptors (Lipinski definition) is 4. The highest BCUT2D eigenvalue weighted by molar-refractivity contribution is 6.31. The van der Waals surface area contributed by atoms with Crippen molar-refractivity contribution in [3.8, 4) is 11.5 Å². The van der Waals surface area contributed by atoms with E-state index in [9.17, 15) is 15.2 Å². The molecule has 0 heterocycles. The molecule has 2 rings (SSSR count). The smallest absolute Gasteiger partial charge is 0.311 e. The zero-order valence-electron chi connectivity index (χ0n) is 9.75. The first-order valence-electron chi connectivity index (χ1n) is 5.43. The zero-order chi connectivity index (χ0) is 13.8. The number of nitro benzene ring substituents is 1.